The van der Waals surface area contributed by atoms with E-state index in [4.69, 9.17) is 10.5 Å². The largest absolute Gasteiger partial charge is 0.495 e. The van der Waals surface area contributed by atoms with E-state index in [0.717, 1.165) is 43.4 Å². The van der Waals surface area contributed by atoms with E-state index < -0.39 is 0 Å². The first-order valence-corrected chi connectivity index (χ1v) is 7.33. The van der Waals surface area contributed by atoms with Crippen molar-refractivity contribution in [2.45, 2.75) is 45.6 Å². The van der Waals surface area contributed by atoms with Gasteiger partial charge in [0, 0.05) is 12.0 Å². The average molecular weight is 276 g/mol. The highest BCUT2D eigenvalue weighted by atomic mass is 16.5. The van der Waals surface area contributed by atoms with Crippen molar-refractivity contribution in [2.75, 3.05) is 12.4 Å². The monoisotopic (exact) mass is 276 g/mol. The molecule has 0 radical (unpaired) electrons. The van der Waals surface area contributed by atoms with Crippen LogP contribution in [0, 0.1) is 5.41 Å². The number of hydrogen-bond donors (Lipinski definition) is 2. The summed E-state index contributed by atoms with van der Waals surface area (Å²) < 4.78 is 5.35. The van der Waals surface area contributed by atoms with Crippen LogP contribution < -0.4 is 15.8 Å². The number of hydrogen-bond acceptors (Lipinski definition) is 3. The number of nitrogens with two attached hydrogens (primary N) is 1. The fourth-order valence-corrected chi connectivity index (χ4v) is 3.01. The van der Waals surface area contributed by atoms with Crippen LogP contribution in [0.1, 0.15) is 44.6 Å². The second-order valence-electron chi connectivity index (χ2n) is 5.53. The first-order valence-electron chi connectivity index (χ1n) is 7.33. The molecule has 1 fully saturated rings. The van der Waals surface area contributed by atoms with Crippen molar-refractivity contribution in [2.24, 2.45) is 11.1 Å². The Morgan fingerprint density at radius 1 is 1.40 bits per heavy atom. The smallest absolute Gasteiger partial charge is 0.230 e. The molecular weight excluding hydrogens is 252 g/mol. The topological polar surface area (TPSA) is 64.4 Å². The van der Waals surface area contributed by atoms with Crippen molar-refractivity contribution >= 4 is 11.6 Å². The molecule has 1 aliphatic carbocycles. The number of amides is 1. The molecule has 0 heterocycles. The molecule has 2 rings (SSSR count). The summed E-state index contributed by atoms with van der Waals surface area (Å²) in [7, 11) is 1.61. The molecule has 1 amide bonds. The molecule has 0 bridgehead atoms. The van der Waals surface area contributed by atoms with Gasteiger partial charge < -0.3 is 15.8 Å². The fraction of sp³-hybridized carbons (Fsp3) is 0.562. The number of carbonyl (C=O) groups is 1. The highest BCUT2D eigenvalue weighted by Gasteiger charge is 2.39. The minimum Gasteiger partial charge on any atom is -0.495 e. The van der Waals surface area contributed by atoms with E-state index in [0.29, 0.717) is 12.3 Å². The Hall–Kier alpha value is -1.55. The molecule has 110 valence electrons. The zero-order valence-corrected chi connectivity index (χ0v) is 12.4. The predicted molar refractivity (Wildman–Crippen MR) is 80.7 cm³/mol. The summed E-state index contributed by atoms with van der Waals surface area (Å²) in [5.41, 5.74) is 7.15. The second kappa shape index (κ2) is 6.27. The van der Waals surface area contributed by atoms with Gasteiger partial charge in [0.2, 0.25) is 5.91 Å². The molecule has 0 saturated heterocycles. The standard InChI is InChI=1S/C16H24N2O2/c1-3-16(8-4-5-9-16)15(19)18-13-7-6-12(11-17)10-14(13)20-2/h6-7,10H,3-5,8-9,11,17H2,1-2H3,(H,18,19). The van der Waals surface area contributed by atoms with Crippen molar-refractivity contribution in [3.63, 3.8) is 0 Å². The lowest BCUT2D eigenvalue weighted by atomic mass is 9.82. The fourth-order valence-electron chi connectivity index (χ4n) is 3.01. The molecule has 1 aliphatic rings. The maximum Gasteiger partial charge on any atom is 0.230 e. The number of carbonyl (C=O) groups excluding carboxylic acids is 1. The number of nitrogens with one attached hydrogen (secondary N) is 1. The summed E-state index contributed by atoms with van der Waals surface area (Å²) in [6.07, 6.45) is 5.15. The molecule has 0 aliphatic heterocycles. The SMILES string of the molecule is CCC1(C(=O)Nc2ccc(CN)cc2OC)CCCC1. The van der Waals surface area contributed by atoms with E-state index in [-0.39, 0.29) is 11.3 Å². The summed E-state index contributed by atoms with van der Waals surface area (Å²) in [5.74, 6) is 0.793. The molecular formula is C16H24N2O2. The van der Waals surface area contributed by atoms with Gasteiger partial charge in [0.15, 0.2) is 0 Å². The lowest BCUT2D eigenvalue weighted by Gasteiger charge is -2.26. The molecule has 0 spiro atoms. The summed E-state index contributed by atoms with van der Waals surface area (Å²) >= 11 is 0. The number of anilines is 1. The van der Waals surface area contributed by atoms with Crippen molar-refractivity contribution in [1.29, 1.82) is 0 Å². The summed E-state index contributed by atoms with van der Waals surface area (Å²) in [6, 6.07) is 5.67. The Labute approximate surface area is 120 Å². The van der Waals surface area contributed by atoms with E-state index >= 15 is 0 Å². The highest BCUT2D eigenvalue weighted by Crippen LogP contribution is 2.42. The zero-order valence-electron chi connectivity index (χ0n) is 12.4. The lowest BCUT2D eigenvalue weighted by molar-refractivity contribution is -0.125. The molecule has 4 heteroatoms. The Balaban J connectivity index is 2.19. The van der Waals surface area contributed by atoms with Crippen LogP contribution in [0.2, 0.25) is 0 Å². The van der Waals surface area contributed by atoms with Crippen LogP contribution in [0.25, 0.3) is 0 Å². The summed E-state index contributed by atoms with van der Waals surface area (Å²) in [5, 5.41) is 3.04. The summed E-state index contributed by atoms with van der Waals surface area (Å²) in [4.78, 5) is 12.6. The molecule has 4 nitrogen and oxygen atoms in total. The third kappa shape index (κ3) is 2.80. The van der Waals surface area contributed by atoms with Gasteiger partial charge in [-0.1, -0.05) is 25.8 Å². The van der Waals surface area contributed by atoms with Crippen LogP contribution in [0.4, 0.5) is 5.69 Å². The van der Waals surface area contributed by atoms with Crippen LogP contribution in [-0.4, -0.2) is 13.0 Å². The van der Waals surface area contributed by atoms with E-state index in [1.165, 1.54) is 0 Å². The van der Waals surface area contributed by atoms with Crippen LogP contribution in [0.5, 0.6) is 5.75 Å². The molecule has 1 saturated carbocycles. The van der Waals surface area contributed by atoms with Crippen molar-refractivity contribution < 1.29 is 9.53 Å². The van der Waals surface area contributed by atoms with Gasteiger partial charge in [-0.25, -0.2) is 0 Å². The van der Waals surface area contributed by atoms with E-state index in [2.05, 4.69) is 12.2 Å². The van der Waals surface area contributed by atoms with Gasteiger partial charge in [0.25, 0.3) is 0 Å². The molecule has 0 atom stereocenters. The molecule has 20 heavy (non-hydrogen) atoms. The van der Waals surface area contributed by atoms with Gasteiger partial charge in [0.05, 0.1) is 12.8 Å². The number of ether oxygens (including phenoxy) is 1. The van der Waals surface area contributed by atoms with Gasteiger partial charge in [-0.05, 0) is 37.0 Å². The Morgan fingerprint density at radius 2 is 2.10 bits per heavy atom. The van der Waals surface area contributed by atoms with E-state index in [9.17, 15) is 4.79 Å². The Bertz CT molecular complexity index is 479. The Kier molecular flexibility index (Phi) is 4.65. The highest BCUT2D eigenvalue weighted by molar-refractivity contribution is 5.96. The van der Waals surface area contributed by atoms with Gasteiger partial charge in [-0.15, -0.1) is 0 Å². The first kappa shape index (κ1) is 14.9. The molecule has 1 aromatic rings. The minimum atomic E-state index is -0.197. The van der Waals surface area contributed by atoms with Gasteiger partial charge >= 0.3 is 0 Å². The minimum absolute atomic E-state index is 0.122. The van der Waals surface area contributed by atoms with E-state index in [1.807, 2.05) is 18.2 Å². The number of rotatable bonds is 5. The summed E-state index contributed by atoms with van der Waals surface area (Å²) in [6.45, 7) is 2.56. The molecule has 1 aromatic carbocycles. The first-order chi connectivity index (χ1) is 9.65. The normalized spacial score (nSPS) is 16.9. The maximum absolute atomic E-state index is 12.6. The van der Waals surface area contributed by atoms with Gasteiger partial charge in [-0.3, -0.25) is 4.79 Å². The zero-order chi connectivity index (χ0) is 14.6. The molecule has 0 unspecified atom stereocenters. The van der Waals surface area contributed by atoms with Crippen LogP contribution in [0.3, 0.4) is 0 Å². The predicted octanol–water partition coefficient (Wildman–Crippen LogP) is 3.06. The quantitative estimate of drug-likeness (QED) is 0.868. The average Bonchev–Trinajstić information content (AvgIpc) is 2.97. The number of methoxy groups -OCH3 is 1. The van der Waals surface area contributed by atoms with Gasteiger partial charge in [0.1, 0.15) is 5.75 Å². The van der Waals surface area contributed by atoms with Crippen molar-refractivity contribution in [3.05, 3.63) is 23.8 Å². The Morgan fingerprint density at radius 3 is 2.65 bits per heavy atom. The van der Waals surface area contributed by atoms with E-state index in [1.54, 1.807) is 7.11 Å². The third-order valence-corrected chi connectivity index (χ3v) is 4.47. The molecule has 3 N–H and O–H groups in total. The van der Waals surface area contributed by atoms with Crippen LogP contribution in [0.15, 0.2) is 18.2 Å². The second-order valence-corrected chi connectivity index (χ2v) is 5.53. The van der Waals surface area contributed by atoms with Crippen LogP contribution >= 0.6 is 0 Å². The van der Waals surface area contributed by atoms with Gasteiger partial charge in [-0.2, -0.15) is 0 Å². The van der Waals surface area contributed by atoms with Crippen molar-refractivity contribution in [3.8, 4) is 5.75 Å². The third-order valence-electron chi connectivity index (χ3n) is 4.47. The lowest BCUT2D eigenvalue weighted by Crippen LogP contribution is -2.33. The van der Waals surface area contributed by atoms with Crippen molar-refractivity contribution in [1.82, 2.24) is 0 Å². The number of benzene rings is 1. The molecule has 0 aromatic heterocycles. The van der Waals surface area contributed by atoms with Crippen LogP contribution in [-0.2, 0) is 11.3 Å². The maximum atomic E-state index is 12.6.